The molecule has 15 heavy (non-hydrogen) atoms. The number of methoxy groups -OCH3 is 1. The predicted molar refractivity (Wildman–Crippen MR) is 56.6 cm³/mol. The molecule has 1 saturated carbocycles. The molecule has 0 saturated heterocycles. The first-order valence-corrected chi connectivity index (χ1v) is 5.63. The number of ether oxygens (including phenoxy) is 1. The lowest BCUT2D eigenvalue weighted by atomic mass is 9.85. The summed E-state index contributed by atoms with van der Waals surface area (Å²) in [7, 11) is 1.77. The first kappa shape index (κ1) is 9.36. The number of aromatic amines is 1. The Bertz CT molecular complexity index is 358. The molecule has 1 aliphatic carbocycles. The van der Waals surface area contributed by atoms with E-state index in [0.29, 0.717) is 5.92 Å². The van der Waals surface area contributed by atoms with Crippen LogP contribution in [0.25, 0.3) is 0 Å². The van der Waals surface area contributed by atoms with Crippen molar-refractivity contribution in [2.75, 3.05) is 20.3 Å². The number of imidazole rings is 1. The number of aromatic nitrogens is 2. The molecule has 82 valence electrons. The summed E-state index contributed by atoms with van der Waals surface area (Å²) in [6.45, 7) is 1.75. The van der Waals surface area contributed by atoms with E-state index >= 15 is 0 Å². The lowest BCUT2D eigenvalue weighted by Gasteiger charge is -2.37. The van der Waals surface area contributed by atoms with E-state index in [1.54, 1.807) is 7.11 Å². The van der Waals surface area contributed by atoms with Gasteiger partial charge in [-0.3, -0.25) is 0 Å². The highest BCUT2D eigenvalue weighted by Crippen LogP contribution is 2.47. The average Bonchev–Trinajstić information content (AvgIpc) is 2.98. The van der Waals surface area contributed by atoms with Crippen molar-refractivity contribution in [2.45, 2.75) is 24.8 Å². The molecule has 2 N–H and O–H groups in total. The SMILES string of the molecule is COCC1(C2CC2)NCCc2[nH]cnc21. The smallest absolute Gasteiger partial charge is 0.0926 e. The number of nitrogens with one attached hydrogen (secondary N) is 2. The molecule has 1 aliphatic heterocycles. The summed E-state index contributed by atoms with van der Waals surface area (Å²) in [6.07, 6.45) is 5.45. The van der Waals surface area contributed by atoms with Gasteiger partial charge in [-0.05, 0) is 18.8 Å². The van der Waals surface area contributed by atoms with E-state index in [1.807, 2.05) is 6.33 Å². The number of fused-ring (bicyclic) bond motifs is 1. The summed E-state index contributed by atoms with van der Waals surface area (Å²) >= 11 is 0. The third-order valence-electron chi connectivity index (χ3n) is 3.60. The molecule has 2 heterocycles. The van der Waals surface area contributed by atoms with Crippen LogP contribution in [-0.4, -0.2) is 30.2 Å². The lowest BCUT2D eigenvalue weighted by Crippen LogP contribution is -2.52. The molecule has 2 aliphatic rings. The highest BCUT2D eigenvalue weighted by Gasteiger charge is 2.50. The number of hydrogen-bond donors (Lipinski definition) is 2. The second-order valence-electron chi connectivity index (χ2n) is 4.59. The minimum atomic E-state index is -0.0116. The van der Waals surface area contributed by atoms with Crippen LogP contribution in [0.5, 0.6) is 0 Å². The van der Waals surface area contributed by atoms with Gasteiger partial charge in [-0.1, -0.05) is 0 Å². The van der Waals surface area contributed by atoms with Crippen molar-refractivity contribution in [3.63, 3.8) is 0 Å². The van der Waals surface area contributed by atoms with Gasteiger partial charge in [0, 0.05) is 25.8 Å². The standard InChI is InChI=1S/C11H17N3O/c1-15-6-11(8-2-3-8)10-9(4-5-14-11)12-7-13-10/h7-8,14H,2-6H2,1H3,(H,12,13). The Hall–Kier alpha value is -0.870. The van der Waals surface area contributed by atoms with E-state index in [0.717, 1.165) is 19.6 Å². The molecule has 0 aromatic carbocycles. The molecule has 1 atom stereocenters. The molecule has 4 nitrogen and oxygen atoms in total. The Labute approximate surface area is 89.4 Å². The maximum Gasteiger partial charge on any atom is 0.0926 e. The molecule has 1 aromatic heterocycles. The second kappa shape index (κ2) is 3.32. The predicted octanol–water partition coefficient (Wildman–Crippen LogP) is 0.807. The molecule has 4 heteroatoms. The summed E-state index contributed by atoms with van der Waals surface area (Å²) in [6, 6.07) is 0. The lowest BCUT2D eigenvalue weighted by molar-refractivity contribution is 0.0854. The van der Waals surface area contributed by atoms with Gasteiger partial charge in [-0.25, -0.2) is 4.98 Å². The fourth-order valence-corrected chi connectivity index (χ4v) is 2.77. The minimum absolute atomic E-state index is 0.0116. The van der Waals surface area contributed by atoms with Crippen LogP contribution in [0.2, 0.25) is 0 Å². The third-order valence-corrected chi connectivity index (χ3v) is 3.60. The zero-order valence-corrected chi connectivity index (χ0v) is 9.05. The summed E-state index contributed by atoms with van der Waals surface area (Å²) in [5.74, 6) is 0.708. The van der Waals surface area contributed by atoms with Crippen molar-refractivity contribution in [2.24, 2.45) is 5.92 Å². The molecule has 0 amide bonds. The summed E-state index contributed by atoms with van der Waals surface area (Å²) in [4.78, 5) is 7.74. The van der Waals surface area contributed by atoms with E-state index in [9.17, 15) is 0 Å². The fraction of sp³-hybridized carbons (Fsp3) is 0.727. The van der Waals surface area contributed by atoms with Gasteiger partial charge in [-0.2, -0.15) is 0 Å². The third kappa shape index (κ3) is 1.32. The van der Waals surface area contributed by atoms with E-state index in [-0.39, 0.29) is 5.54 Å². The normalized spacial score (nSPS) is 30.2. The Morgan fingerprint density at radius 1 is 1.60 bits per heavy atom. The molecule has 0 bridgehead atoms. The monoisotopic (exact) mass is 207 g/mol. The van der Waals surface area contributed by atoms with Gasteiger partial charge in [0.2, 0.25) is 0 Å². The van der Waals surface area contributed by atoms with Gasteiger partial charge in [0.25, 0.3) is 0 Å². The Kier molecular flexibility index (Phi) is 2.07. The Morgan fingerprint density at radius 3 is 3.20 bits per heavy atom. The van der Waals surface area contributed by atoms with E-state index in [2.05, 4.69) is 15.3 Å². The number of rotatable bonds is 3. The topological polar surface area (TPSA) is 49.9 Å². The van der Waals surface area contributed by atoms with Crippen molar-refractivity contribution in [1.29, 1.82) is 0 Å². The van der Waals surface area contributed by atoms with Crippen molar-refractivity contribution in [3.8, 4) is 0 Å². The molecule has 1 unspecified atom stereocenters. The van der Waals surface area contributed by atoms with Crippen molar-refractivity contribution in [3.05, 3.63) is 17.7 Å². The van der Waals surface area contributed by atoms with Gasteiger partial charge in [-0.15, -0.1) is 0 Å². The van der Waals surface area contributed by atoms with Gasteiger partial charge in [0.05, 0.1) is 24.2 Å². The highest BCUT2D eigenvalue weighted by atomic mass is 16.5. The van der Waals surface area contributed by atoms with Gasteiger partial charge < -0.3 is 15.0 Å². The number of nitrogens with zero attached hydrogens (tertiary/aromatic N) is 1. The van der Waals surface area contributed by atoms with Gasteiger partial charge >= 0.3 is 0 Å². The highest BCUT2D eigenvalue weighted by molar-refractivity contribution is 5.28. The van der Waals surface area contributed by atoms with Crippen LogP contribution >= 0.6 is 0 Å². The summed E-state index contributed by atoms with van der Waals surface area (Å²) in [5, 5.41) is 3.63. The van der Waals surface area contributed by atoms with Crippen LogP contribution in [0.4, 0.5) is 0 Å². The molecule has 0 spiro atoms. The maximum atomic E-state index is 5.40. The Balaban J connectivity index is 2.02. The molecule has 1 aromatic rings. The van der Waals surface area contributed by atoms with Gasteiger partial charge in [0.1, 0.15) is 0 Å². The maximum absolute atomic E-state index is 5.40. The first-order valence-electron chi connectivity index (χ1n) is 5.63. The van der Waals surface area contributed by atoms with Crippen LogP contribution in [0.3, 0.4) is 0 Å². The van der Waals surface area contributed by atoms with E-state index in [4.69, 9.17) is 4.74 Å². The first-order chi connectivity index (χ1) is 7.37. The Morgan fingerprint density at radius 2 is 2.47 bits per heavy atom. The quantitative estimate of drug-likeness (QED) is 0.771. The zero-order valence-electron chi connectivity index (χ0n) is 9.05. The van der Waals surface area contributed by atoms with Crippen LogP contribution < -0.4 is 5.32 Å². The van der Waals surface area contributed by atoms with Crippen LogP contribution in [0.1, 0.15) is 24.2 Å². The van der Waals surface area contributed by atoms with Crippen LogP contribution in [-0.2, 0) is 16.7 Å². The van der Waals surface area contributed by atoms with Gasteiger partial charge in [0.15, 0.2) is 0 Å². The zero-order chi connectivity index (χ0) is 10.3. The average molecular weight is 207 g/mol. The molecular weight excluding hydrogens is 190 g/mol. The molecule has 0 radical (unpaired) electrons. The minimum Gasteiger partial charge on any atom is -0.382 e. The second-order valence-corrected chi connectivity index (χ2v) is 4.59. The van der Waals surface area contributed by atoms with E-state index in [1.165, 1.54) is 24.2 Å². The van der Waals surface area contributed by atoms with Crippen molar-refractivity contribution in [1.82, 2.24) is 15.3 Å². The van der Waals surface area contributed by atoms with Crippen LogP contribution in [0.15, 0.2) is 6.33 Å². The largest absolute Gasteiger partial charge is 0.382 e. The molecule has 3 rings (SSSR count). The molecular formula is C11H17N3O. The van der Waals surface area contributed by atoms with Crippen molar-refractivity contribution < 1.29 is 4.74 Å². The number of hydrogen-bond acceptors (Lipinski definition) is 3. The number of H-pyrrole nitrogens is 1. The summed E-state index contributed by atoms with van der Waals surface area (Å²) in [5.41, 5.74) is 2.47. The fourth-order valence-electron chi connectivity index (χ4n) is 2.77. The summed E-state index contributed by atoms with van der Waals surface area (Å²) < 4.78 is 5.40. The van der Waals surface area contributed by atoms with Crippen molar-refractivity contribution >= 4 is 0 Å². The van der Waals surface area contributed by atoms with E-state index < -0.39 is 0 Å². The molecule has 1 fully saturated rings. The van der Waals surface area contributed by atoms with Crippen LogP contribution in [0, 0.1) is 5.92 Å².